The minimum atomic E-state index is -0.216. The summed E-state index contributed by atoms with van der Waals surface area (Å²) in [6.45, 7) is 3.43. The molecule has 1 heterocycles. The smallest absolute Gasteiger partial charge is 0.123 e. The van der Waals surface area contributed by atoms with Crippen molar-refractivity contribution >= 4 is 5.69 Å². The maximum atomic E-state index is 13.8. The number of fused-ring (bicyclic) bond motifs is 1. The molecule has 1 saturated carbocycles. The molecule has 1 aliphatic carbocycles. The highest BCUT2D eigenvalue weighted by Crippen LogP contribution is 2.27. The maximum absolute atomic E-state index is 13.8. The molecule has 2 N–H and O–H groups in total. The van der Waals surface area contributed by atoms with Crippen molar-refractivity contribution in [1.29, 1.82) is 0 Å². The van der Waals surface area contributed by atoms with Crippen molar-refractivity contribution in [3.05, 3.63) is 101 Å². The standard InChI is InChI=1S/C28H31F2N3/c29-24-6-1-20(2-7-24)15-28-17-23-16-25(30)8-5-22(23)19-33(28)14-13-31-18-21-3-9-26(10-4-21)32-27-11-12-27/h1-10,16,27-28,31-32H,11-15,17-19H2. The summed E-state index contributed by atoms with van der Waals surface area (Å²) in [6, 6.07) is 21.5. The predicted octanol–water partition coefficient (Wildman–Crippen LogP) is 5.30. The Balaban J connectivity index is 1.18. The van der Waals surface area contributed by atoms with Gasteiger partial charge in [-0.1, -0.05) is 30.3 Å². The first-order valence-corrected chi connectivity index (χ1v) is 11.9. The van der Waals surface area contributed by atoms with E-state index in [2.05, 4.69) is 39.8 Å². The van der Waals surface area contributed by atoms with Crippen LogP contribution >= 0.6 is 0 Å². The molecule has 1 fully saturated rings. The Morgan fingerprint density at radius 1 is 0.818 bits per heavy atom. The van der Waals surface area contributed by atoms with Gasteiger partial charge >= 0.3 is 0 Å². The fourth-order valence-corrected chi connectivity index (χ4v) is 4.66. The molecule has 3 aromatic carbocycles. The Hall–Kier alpha value is -2.76. The van der Waals surface area contributed by atoms with Gasteiger partial charge in [0.2, 0.25) is 0 Å². The molecule has 3 nitrogen and oxygen atoms in total. The third-order valence-electron chi connectivity index (χ3n) is 6.71. The van der Waals surface area contributed by atoms with Crippen LogP contribution in [0.25, 0.3) is 0 Å². The minimum absolute atomic E-state index is 0.178. The zero-order chi connectivity index (χ0) is 22.6. The lowest BCUT2D eigenvalue weighted by Gasteiger charge is -2.37. The Morgan fingerprint density at radius 2 is 1.55 bits per heavy atom. The van der Waals surface area contributed by atoms with Crippen molar-refractivity contribution in [3.8, 4) is 0 Å². The van der Waals surface area contributed by atoms with Crippen LogP contribution in [0.5, 0.6) is 0 Å². The van der Waals surface area contributed by atoms with Gasteiger partial charge in [0, 0.05) is 44.0 Å². The van der Waals surface area contributed by atoms with Gasteiger partial charge in [0.05, 0.1) is 0 Å². The molecule has 172 valence electrons. The molecule has 0 bridgehead atoms. The summed E-state index contributed by atoms with van der Waals surface area (Å²) >= 11 is 0. The zero-order valence-corrected chi connectivity index (χ0v) is 18.9. The van der Waals surface area contributed by atoms with Crippen molar-refractivity contribution in [2.24, 2.45) is 0 Å². The largest absolute Gasteiger partial charge is 0.382 e. The lowest BCUT2D eigenvalue weighted by atomic mass is 9.90. The molecular formula is C28H31F2N3. The maximum Gasteiger partial charge on any atom is 0.123 e. The second-order valence-electron chi connectivity index (χ2n) is 9.36. The molecule has 2 aliphatic rings. The number of nitrogens with one attached hydrogen (secondary N) is 2. The van der Waals surface area contributed by atoms with E-state index in [0.29, 0.717) is 6.04 Å². The molecular weight excluding hydrogens is 416 g/mol. The Morgan fingerprint density at radius 3 is 2.30 bits per heavy atom. The molecule has 1 aliphatic heterocycles. The molecule has 0 radical (unpaired) electrons. The van der Waals surface area contributed by atoms with Crippen LogP contribution in [0.4, 0.5) is 14.5 Å². The first-order valence-electron chi connectivity index (χ1n) is 11.9. The number of benzene rings is 3. The SMILES string of the molecule is Fc1ccc(CC2Cc3cc(F)ccc3CN2CCNCc2ccc(NC3CC3)cc2)cc1. The number of hydrogen-bond acceptors (Lipinski definition) is 3. The molecule has 5 rings (SSSR count). The van der Waals surface area contributed by atoms with Gasteiger partial charge in [0.15, 0.2) is 0 Å². The Bertz CT molecular complexity index is 1060. The Labute approximate surface area is 194 Å². The van der Waals surface area contributed by atoms with Gasteiger partial charge in [-0.2, -0.15) is 0 Å². The van der Waals surface area contributed by atoms with Crippen LogP contribution in [-0.2, 0) is 25.9 Å². The van der Waals surface area contributed by atoms with Gasteiger partial charge < -0.3 is 10.6 Å². The molecule has 1 atom stereocenters. The van der Waals surface area contributed by atoms with Crippen LogP contribution in [0.15, 0.2) is 66.7 Å². The van der Waals surface area contributed by atoms with Crippen molar-refractivity contribution in [2.75, 3.05) is 18.4 Å². The second kappa shape index (κ2) is 10.0. The number of hydrogen-bond donors (Lipinski definition) is 2. The third kappa shape index (κ3) is 5.98. The molecule has 0 amide bonds. The van der Waals surface area contributed by atoms with Crippen molar-refractivity contribution in [1.82, 2.24) is 10.2 Å². The average Bonchev–Trinajstić information content (AvgIpc) is 3.63. The average molecular weight is 448 g/mol. The van der Waals surface area contributed by atoms with Gasteiger partial charge in [-0.25, -0.2) is 8.78 Å². The molecule has 3 aromatic rings. The van der Waals surface area contributed by atoms with Crippen LogP contribution in [0.1, 0.15) is 35.1 Å². The summed E-state index contributed by atoms with van der Waals surface area (Å²) in [5.41, 5.74) is 5.88. The third-order valence-corrected chi connectivity index (χ3v) is 6.71. The highest BCUT2D eigenvalue weighted by atomic mass is 19.1. The molecule has 1 unspecified atom stereocenters. The van der Waals surface area contributed by atoms with Crippen LogP contribution in [0, 0.1) is 11.6 Å². The fraction of sp³-hybridized carbons (Fsp3) is 0.357. The van der Waals surface area contributed by atoms with Crippen molar-refractivity contribution in [2.45, 2.75) is 50.9 Å². The van der Waals surface area contributed by atoms with Gasteiger partial charge in [0.1, 0.15) is 11.6 Å². The highest BCUT2D eigenvalue weighted by Gasteiger charge is 2.26. The van der Waals surface area contributed by atoms with E-state index in [1.807, 2.05) is 18.2 Å². The molecule has 33 heavy (non-hydrogen) atoms. The van der Waals surface area contributed by atoms with E-state index in [9.17, 15) is 8.78 Å². The Kier molecular flexibility index (Phi) is 6.70. The van der Waals surface area contributed by atoms with E-state index in [1.54, 1.807) is 12.1 Å². The summed E-state index contributed by atoms with van der Waals surface area (Å²) in [5.74, 6) is -0.394. The number of rotatable bonds is 9. The first kappa shape index (κ1) is 22.1. The highest BCUT2D eigenvalue weighted by molar-refractivity contribution is 5.46. The predicted molar refractivity (Wildman–Crippen MR) is 129 cm³/mol. The van der Waals surface area contributed by atoms with Gasteiger partial charge in [-0.05, 0) is 84.3 Å². The van der Waals surface area contributed by atoms with Crippen LogP contribution in [0.2, 0.25) is 0 Å². The summed E-state index contributed by atoms with van der Waals surface area (Å²) in [6.07, 6.45) is 4.19. The number of anilines is 1. The van der Waals surface area contributed by atoms with E-state index >= 15 is 0 Å². The summed E-state index contributed by atoms with van der Waals surface area (Å²) in [4.78, 5) is 2.47. The molecule has 0 spiro atoms. The number of halogens is 2. The monoisotopic (exact) mass is 447 g/mol. The van der Waals surface area contributed by atoms with Crippen LogP contribution in [0.3, 0.4) is 0 Å². The summed E-state index contributed by atoms with van der Waals surface area (Å²) in [5, 5.41) is 7.10. The van der Waals surface area contributed by atoms with E-state index in [-0.39, 0.29) is 17.7 Å². The number of nitrogens with zero attached hydrogens (tertiary/aromatic N) is 1. The van der Waals surface area contributed by atoms with Crippen LogP contribution < -0.4 is 10.6 Å². The van der Waals surface area contributed by atoms with Crippen molar-refractivity contribution in [3.63, 3.8) is 0 Å². The van der Waals surface area contributed by atoms with Crippen LogP contribution in [-0.4, -0.2) is 30.1 Å². The summed E-state index contributed by atoms with van der Waals surface area (Å²) < 4.78 is 27.2. The van der Waals surface area contributed by atoms with E-state index in [0.717, 1.165) is 50.1 Å². The molecule has 0 saturated heterocycles. The van der Waals surface area contributed by atoms with Gasteiger partial charge in [-0.15, -0.1) is 0 Å². The van der Waals surface area contributed by atoms with Gasteiger partial charge in [-0.3, -0.25) is 4.90 Å². The second-order valence-corrected chi connectivity index (χ2v) is 9.36. The lowest BCUT2D eigenvalue weighted by molar-refractivity contribution is 0.170. The summed E-state index contributed by atoms with van der Waals surface area (Å²) in [7, 11) is 0. The molecule has 5 heteroatoms. The topological polar surface area (TPSA) is 27.3 Å². The van der Waals surface area contributed by atoms with Gasteiger partial charge in [0.25, 0.3) is 0 Å². The van der Waals surface area contributed by atoms with Crippen molar-refractivity contribution < 1.29 is 8.78 Å². The fourth-order valence-electron chi connectivity index (χ4n) is 4.66. The van der Waals surface area contributed by atoms with E-state index in [4.69, 9.17) is 0 Å². The van der Waals surface area contributed by atoms with E-state index < -0.39 is 0 Å². The van der Waals surface area contributed by atoms with E-state index in [1.165, 1.54) is 41.8 Å². The lowest BCUT2D eigenvalue weighted by Crippen LogP contribution is -2.44. The first-order chi connectivity index (χ1) is 16.1. The quantitative estimate of drug-likeness (QED) is 0.436. The zero-order valence-electron chi connectivity index (χ0n) is 18.9. The molecule has 0 aromatic heterocycles. The normalized spacial score (nSPS) is 18.2. The minimum Gasteiger partial charge on any atom is -0.382 e.